The predicted octanol–water partition coefficient (Wildman–Crippen LogP) is 1.53. The number of nitrogens with zero attached hydrogens (tertiary/aromatic N) is 1. The highest BCUT2D eigenvalue weighted by Gasteiger charge is 2.30. The van der Waals surface area contributed by atoms with Crippen LogP contribution in [0.15, 0.2) is 18.2 Å². The van der Waals surface area contributed by atoms with Crippen LogP contribution in [0.4, 0.5) is 5.69 Å². The van der Waals surface area contributed by atoms with E-state index in [1.807, 2.05) is 25.1 Å². The van der Waals surface area contributed by atoms with Gasteiger partial charge >= 0.3 is 0 Å². The maximum Gasteiger partial charge on any atom is 0.245 e. The molecule has 0 bridgehead atoms. The van der Waals surface area contributed by atoms with Crippen molar-refractivity contribution >= 4 is 23.2 Å². The number of carbonyl (C=O) groups is 1. The second kappa shape index (κ2) is 7.64. The standard InChI is InChI=1S/C15H22ClN3O2/c1-2-5-18-15(20)14-10-21-7-6-19(14)13-4-3-12(16)8-11(13)9-17/h3-4,8,14H,2,5-7,9-10,17H2,1H3,(H,18,20). The van der Waals surface area contributed by atoms with Crippen LogP contribution in [-0.4, -0.2) is 38.3 Å². The molecule has 21 heavy (non-hydrogen) atoms. The highest BCUT2D eigenvalue weighted by atomic mass is 35.5. The van der Waals surface area contributed by atoms with E-state index in [-0.39, 0.29) is 11.9 Å². The molecule has 5 nitrogen and oxygen atoms in total. The lowest BCUT2D eigenvalue weighted by atomic mass is 10.1. The Balaban J connectivity index is 2.24. The van der Waals surface area contributed by atoms with E-state index >= 15 is 0 Å². The maximum atomic E-state index is 12.3. The summed E-state index contributed by atoms with van der Waals surface area (Å²) in [5, 5.41) is 3.58. The first-order chi connectivity index (χ1) is 10.2. The van der Waals surface area contributed by atoms with Gasteiger partial charge in [0.1, 0.15) is 6.04 Å². The van der Waals surface area contributed by atoms with Crippen LogP contribution in [0.3, 0.4) is 0 Å². The molecule has 1 fully saturated rings. The Morgan fingerprint density at radius 3 is 3.10 bits per heavy atom. The molecule has 3 N–H and O–H groups in total. The molecule has 116 valence electrons. The lowest BCUT2D eigenvalue weighted by Gasteiger charge is -2.37. The topological polar surface area (TPSA) is 67.6 Å². The average Bonchev–Trinajstić information content (AvgIpc) is 2.52. The van der Waals surface area contributed by atoms with Gasteiger partial charge in [0.05, 0.1) is 13.2 Å². The Bertz CT molecular complexity index is 496. The van der Waals surface area contributed by atoms with Gasteiger partial charge in [-0.15, -0.1) is 0 Å². The molecule has 0 aliphatic carbocycles. The van der Waals surface area contributed by atoms with E-state index in [4.69, 9.17) is 22.1 Å². The van der Waals surface area contributed by atoms with Crippen LogP contribution in [0, 0.1) is 0 Å². The van der Waals surface area contributed by atoms with E-state index in [1.165, 1.54) is 0 Å². The van der Waals surface area contributed by atoms with Crippen molar-refractivity contribution in [1.82, 2.24) is 5.32 Å². The molecule has 0 aromatic heterocycles. The Kier molecular flexibility index (Phi) is 5.85. The molecule has 0 radical (unpaired) electrons. The van der Waals surface area contributed by atoms with Gasteiger partial charge in [0.25, 0.3) is 0 Å². The zero-order chi connectivity index (χ0) is 15.2. The Morgan fingerprint density at radius 1 is 1.57 bits per heavy atom. The Hall–Kier alpha value is -1.30. The smallest absolute Gasteiger partial charge is 0.245 e. The lowest BCUT2D eigenvalue weighted by Crippen LogP contribution is -2.54. The first-order valence-electron chi connectivity index (χ1n) is 7.28. The molecule has 0 saturated carbocycles. The van der Waals surface area contributed by atoms with E-state index in [2.05, 4.69) is 10.2 Å². The molecule has 1 atom stereocenters. The number of nitrogens with one attached hydrogen (secondary N) is 1. The normalized spacial score (nSPS) is 18.6. The molecule has 1 aromatic carbocycles. The van der Waals surface area contributed by atoms with Crippen LogP contribution in [-0.2, 0) is 16.1 Å². The minimum absolute atomic E-state index is 0.00512. The molecule has 1 saturated heterocycles. The zero-order valence-corrected chi connectivity index (χ0v) is 13.0. The summed E-state index contributed by atoms with van der Waals surface area (Å²) in [6.45, 7) is 4.75. The molecule has 1 unspecified atom stereocenters. The highest BCUT2D eigenvalue weighted by molar-refractivity contribution is 6.30. The molecule has 6 heteroatoms. The number of carbonyl (C=O) groups excluding carboxylic acids is 1. The van der Waals surface area contributed by atoms with Gasteiger partial charge in [-0.25, -0.2) is 0 Å². The number of hydrogen-bond donors (Lipinski definition) is 2. The summed E-state index contributed by atoms with van der Waals surface area (Å²) in [6, 6.07) is 5.28. The first-order valence-corrected chi connectivity index (χ1v) is 7.65. The van der Waals surface area contributed by atoms with Crippen LogP contribution in [0.5, 0.6) is 0 Å². The van der Waals surface area contributed by atoms with Gasteiger partial charge in [0.15, 0.2) is 0 Å². The van der Waals surface area contributed by atoms with Gasteiger partial charge in [-0.3, -0.25) is 4.79 Å². The largest absolute Gasteiger partial charge is 0.377 e. The van der Waals surface area contributed by atoms with E-state index in [1.54, 1.807) is 0 Å². The number of morpholine rings is 1. The van der Waals surface area contributed by atoms with E-state index in [0.717, 1.165) is 17.7 Å². The number of amides is 1. The summed E-state index contributed by atoms with van der Waals surface area (Å²) in [6.07, 6.45) is 0.911. The highest BCUT2D eigenvalue weighted by Crippen LogP contribution is 2.27. The fourth-order valence-corrected chi connectivity index (χ4v) is 2.67. The third-order valence-electron chi connectivity index (χ3n) is 3.55. The van der Waals surface area contributed by atoms with E-state index in [0.29, 0.717) is 37.9 Å². The van der Waals surface area contributed by atoms with E-state index < -0.39 is 0 Å². The fourth-order valence-electron chi connectivity index (χ4n) is 2.47. The van der Waals surface area contributed by atoms with Crippen LogP contribution in [0.1, 0.15) is 18.9 Å². The average molecular weight is 312 g/mol. The summed E-state index contributed by atoms with van der Waals surface area (Å²) >= 11 is 6.02. The minimum atomic E-state index is -0.322. The number of rotatable bonds is 5. The number of halogens is 1. The van der Waals surface area contributed by atoms with Gasteiger partial charge in [0.2, 0.25) is 5.91 Å². The van der Waals surface area contributed by atoms with Gasteiger partial charge < -0.3 is 20.7 Å². The maximum absolute atomic E-state index is 12.3. The van der Waals surface area contributed by atoms with Crippen molar-refractivity contribution in [2.45, 2.75) is 25.9 Å². The lowest BCUT2D eigenvalue weighted by molar-refractivity contribution is -0.124. The van der Waals surface area contributed by atoms with Gasteiger partial charge in [0, 0.05) is 30.3 Å². The Labute approximate surface area is 130 Å². The fraction of sp³-hybridized carbons (Fsp3) is 0.533. The van der Waals surface area contributed by atoms with Crippen molar-refractivity contribution in [2.24, 2.45) is 5.73 Å². The van der Waals surface area contributed by atoms with Crippen molar-refractivity contribution in [3.63, 3.8) is 0 Å². The predicted molar refractivity (Wildman–Crippen MR) is 84.6 cm³/mol. The van der Waals surface area contributed by atoms with Crippen molar-refractivity contribution in [3.8, 4) is 0 Å². The molecular formula is C15H22ClN3O2. The van der Waals surface area contributed by atoms with Gasteiger partial charge in [-0.1, -0.05) is 18.5 Å². The summed E-state index contributed by atoms with van der Waals surface area (Å²) in [5.41, 5.74) is 7.71. The summed E-state index contributed by atoms with van der Waals surface area (Å²) in [5.74, 6) is -0.00512. The molecule has 1 aliphatic heterocycles. The monoisotopic (exact) mass is 311 g/mol. The molecular weight excluding hydrogens is 290 g/mol. The van der Waals surface area contributed by atoms with Crippen LogP contribution in [0.2, 0.25) is 5.02 Å². The molecule has 0 spiro atoms. The number of benzene rings is 1. The second-order valence-electron chi connectivity index (χ2n) is 5.05. The van der Waals surface area contributed by atoms with Crippen molar-refractivity contribution in [1.29, 1.82) is 0 Å². The SMILES string of the molecule is CCCNC(=O)C1COCCN1c1ccc(Cl)cc1CN. The second-order valence-corrected chi connectivity index (χ2v) is 5.49. The minimum Gasteiger partial charge on any atom is -0.377 e. The van der Waals surface area contributed by atoms with Crippen LogP contribution >= 0.6 is 11.6 Å². The van der Waals surface area contributed by atoms with Gasteiger partial charge in [-0.2, -0.15) is 0 Å². The molecule has 2 rings (SSSR count). The first kappa shape index (κ1) is 16.1. The zero-order valence-electron chi connectivity index (χ0n) is 12.3. The van der Waals surface area contributed by atoms with Gasteiger partial charge in [-0.05, 0) is 30.2 Å². The number of anilines is 1. The number of ether oxygens (including phenoxy) is 1. The summed E-state index contributed by atoms with van der Waals surface area (Å²) in [7, 11) is 0. The Morgan fingerprint density at radius 2 is 2.38 bits per heavy atom. The summed E-state index contributed by atoms with van der Waals surface area (Å²) in [4.78, 5) is 14.4. The van der Waals surface area contributed by atoms with Crippen LogP contribution < -0.4 is 16.0 Å². The third kappa shape index (κ3) is 3.87. The molecule has 1 heterocycles. The molecule has 1 amide bonds. The quantitative estimate of drug-likeness (QED) is 0.865. The number of hydrogen-bond acceptors (Lipinski definition) is 4. The third-order valence-corrected chi connectivity index (χ3v) is 3.79. The summed E-state index contributed by atoms with van der Waals surface area (Å²) < 4.78 is 5.47. The van der Waals surface area contributed by atoms with Crippen molar-refractivity contribution in [2.75, 3.05) is 31.2 Å². The molecule has 1 aliphatic rings. The van der Waals surface area contributed by atoms with Crippen molar-refractivity contribution < 1.29 is 9.53 Å². The number of nitrogens with two attached hydrogens (primary N) is 1. The van der Waals surface area contributed by atoms with Crippen LogP contribution in [0.25, 0.3) is 0 Å². The van der Waals surface area contributed by atoms with E-state index in [9.17, 15) is 4.79 Å². The molecule has 1 aromatic rings. The van der Waals surface area contributed by atoms with Crippen molar-refractivity contribution in [3.05, 3.63) is 28.8 Å².